The SMILES string of the molecule is C[C@](N[C@](C)(C(=O)O)C(F)(F)F)(C(=O)NC(=O)c1ccc2n1CCC2)c1ccc(F)c(F)c1. The fourth-order valence-electron chi connectivity index (χ4n) is 3.71. The predicted molar refractivity (Wildman–Crippen MR) is 104 cm³/mol. The van der Waals surface area contributed by atoms with Gasteiger partial charge in [-0.2, -0.15) is 13.2 Å². The van der Waals surface area contributed by atoms with Crippen LogP contribution < -0.4 is 10.6 Å². The molecular weight excluding hydrogens is 453 g/mol. The molecule has 7 nitrogen and oxygen atoms in total. The molecule has 2 atom stereocenters. The third kappa shape index (κ3) is 4.22. The molecule has 178 valence electrons. The second-order valence-corrected chi connectivity index (χ2v) is 8.06. The number of fused-ring (bicyclic) bond motifs is 1. The summed E-state index contributed by atoms with van der Waals surface area (Å²) in [6, 6.07) is 4.97. The van der Waals surface area contributed by atoms with E-state index in [4.69, 9.17) is 0 Å². The van der Waals surface area contributed by atoms with Crippen LogP contribution in [0.3, 0.4) is 0 Å². The lowest BCUT2D eigenvalue weighted by Crippen LogP contribution is -2.69. The minimum absolute atomic E-state index is 0.0836. The second kappa shape index (κ2) is 8.25. The minimum atomic E-state index is -5.40. The van der Waals surface area contributed by atoms with Crippen molar-refractivity contribution in [3.8, 4) is 0 Å². The topological polar surface area (TPSA) is 100 Å². The molecule has 0 spiro atoms. The number of carbonyl (C=O) groups is 3. The number of imide groups is 1. The van der Waals surface area contributed by atoms with Crippen LogP contribution in [-0.2, 0) is 28.1 Å². The summed E-state index contributed by atoms with van der Waals surface area (Å²) in [5, 5.41) is 13.0. The number of carbonyl (C=O) groups excluding carboxylic acids is 2. The number of amides is 2. The number of hydrogen-bond donors (Lipinski definition) is 3. The number of aliphatic carboxylic acids is 1. The van der Waals surface area contributed by atoms with Gasteiger partial charge in [-0.05, 0) is 56.5 Å². The van der Waals surface area contributed by atoms with E-state index in [1.165, 1.54) is 6.07 Å². The Hall–Kier alpha value is -3.28. The summed E-state index contributed by atoms with van der Waals surface area (Å²) in [4.78, 5) is 37.4. The first-order chi connectivity index (χ1) is 15.2. The molecule has 0 fully saturated rings. The van der Waals surface area contributed by atoms with Gasteiger partial charge in [-0.1, -0.05) is 6.07 Å². The monoisotopic (exact) mass is 473 g/mol. The average Bonchev–Trinajstić information content (AvgIpc) is 3.32. The van der Waals surface area contributed by atoms with E-state index < -0.39 is 52.2 Å². The van der Waals surface area contributed by atoms with Crippen molar-refractivity contribution in [2.24, 2.45) is 0 Å². The van der Waals surface area contributed by atoms with Crippen LogP contribution in [0.1, 0.15) is 42.0 Å². The molecule has 3 N–H and O–H groups in total. The summed E-state index contributed by atoms with van der Waals surface area (Å²) >= 11 is 0. The molecule has 0 saturated carbocycles. The Labute approximate surface area is 184 Å². The van der Waals surface area contributed by atoms with Gasteiger partial charge in [-0.3, -0.25) is 20.2 Å². The van der Waals surface area contributed by atoms with Gasteiger partial charge in [0.2, 0.25) is 5.54 Å². The quantitative estimate of drug-likeness (QED) is 0.561. The zero-order chi connectivity index (χ0) is 24.8. The number of halogens is 5. The van der Waals surface area contributed by atoms with Gasteiger partial charge in [-0.25, -0.2) is 13.6 Å². The molecule has 0 saturated heterocycles. The lowest BCUT2D eigenvalue weighted by Gasteiger charge is -2.39. The highest BCUT2D eigenvalue weighted by Crippen LogP contribution is 2.35. The number of rotatable bonds is 6. The molecule has 1 aromatic heterocycles. The van der Waals surface area contributed by atoms with Crippen LogP contribution in [0.15, 0.2) is 30.3 Å². The molecule has 1 aromatic carbocycles. The molecule has 0 aliphatic carbocycles. The Morgan fingerprint density at radius 1 is 1.03 bits per heavy atom. The number of alkyl halides is 3. The maximum absolute atomic E-state index is 13.9. The van der Waals surface area contributed by atoms with Crippen LogP contribution in [0.5, 0.6) is 0 Å². The first-order valence-electron chi connectivity index (χ1n) is 9.80. The Kier molecular flexibility index (Phi) is 6.09. The van der Waals surface area contributed by atoms with Gasteiger partial charge in [0.15, 0.2) is 11.6 Å². The Morgan fingerprint density at radius 2 is 1.70 bits per heavy atom. The molecule has 0 radical (unpaired) electrons. The summed E-state index contributed by atoms with van der Waals surface area (Å²) in [6.45, 7) is 1.63. The Bertz CT molecular complexity index is 1130. The van der Waals surface area contributed by atoms with Crippen molar-refractivity contribution in [2.75, 3.05) is 0 Å². The molecule has 12 heteroatoms. The molecule has 0 bridgehead atoms. The lowest BCUT2D eigenvalue weighted by atomic mass is 9.86. The summed E-state index contributed by atoms with van der Waals surface area (Å²) < 4.78 is 70.0. The van der Waals surface area contributed by atoms with Gasteiger partial charge in [0.25, 0.3) is 11.8 Å². The standard InChI is InChI=1S/C21H20F5N3O4/c1-19(11-5-7-13(22)14(23)10-11,28-20(2,18(32)33)21(24,25)26)17(31)27-16(30)15-8-6-12-4-3-9-29(12)15/h5-8,10,28H,3-4,9H2,1-2H3,(H,32,33)(H,27,30,31)/t19-,20-/m1/s1. The number of nitrogens with one attached hydrogen (secondary N) is 2. The number of benzene rings is 1. The van der Waals surface area contributed by atoms with Crippen LogP contribution in [0.2, 0.25) is 0 Å². The number of aryl methyl sites for hydroxylation is 1. The maximum Gasteiger partial charge on any atom is 0.417 e. The van der Waals surface area contributed by atoms with Gasteiger partial charge >= 0.3 is 12.1 Å². The molecule has 2 aromatic rings. The Balaban J connectivity index is 2.04. The molecule has 0 unspecified atom stereocenters. The number of hydrogen-bond acceptors (Lipinski definition) is 4. The fourth-order valence-corrected chi connectivity index (χ4v) is 3.71. The molecule has 2 heterocycles. The van der Waals surface area contributed by atoms with E-state index in [2.05, 4.69) is 0 Å². The van der Waals surface area contributed by atoms with Crippen LogP contribution in [-0.4, -0.2) is 39.2 Å². The van der Waals surface area contributed by atoms with Crippen molar-refractivity contribution in [1.82, 2.24) is 15.2 Å². The molecule has 33 heavy (non-hydrogen) atoms. The first-order valence-corrected chi connectivity index (χ1v) is 9.80. The van der Waals surface area contributed by atoms with Gasteiger partial charge in [-0.15, -0.1) is 0 Å². The van der Waals surface area contributed by atoms with E-state index in [1.807, 2.05) is 5.32 Å². The Morgan fingerprint density at radius 3 is 2.27 bits per heavy atom. The smallest absolute Gasteiger partial charge is 0.417 e. The van der Waals surface area contributed by atoms with E-state index in [1.54, 1.807) is 16.0 Å². The summed E-state index contributed by atoms with van der Waals surface area (Å²) in [5.74, 6) is -7.50. The van der Waals surface area contributed by atoms with Crippen molar-refractivity contribution >= 4 is 17.8 Å². The molecule has 1 aliphatic rings. The van der Waals surface area contributed by atoms with Crippen molar-refractivity contribution in [3.05, 3.63) is 58.9 Å². The largest absolute Gasteiger partial charge is 0.480 e. The molecule has 2 amide bonds. The number of nitrogens with zero attached hydrogens (tertiary/aromatic N) is 1. The van der Waals surface area contributed by atoms with E-state index in [0.717, 1.165) is 25.1 Å². The number of carboxylic acid groups (broad SMARTS) is 1. The van der Waals surface area contributed by atoms with Crippen molar-refractivity contribution in [2.45, 2.75) is 50.5 Å². The van der Waals surface area contributed by atoms with Gasteiger partial charge in [0, 0.05) is 12.2 Å². The summed E-state index contributed by atoms with van der Waals surface area (Å²) in [7, 11) is 0. The van der Waals surface area contributed by atoms with E-state index in [9.17, 15) is 41.4 Å². The van der Waals surface area contributed by atoms with E-state index in [-0.39, 0.29) is 12.6 Å². The van der Waals surface area contributed by atoms with Gasteiger partial charge in [0.05, 0.1) is 0 Å². The highest BCUT2D eigenvalue weighted by atomic mass is 19.4. The van der Waals surface area contributed by atoms with Crippen LogP contribution in [0.4, 0.5) is 22.0 Å². The van der Waals surface area contributed by atoms with Crippen LogP contribution in [0.25, 0.3) is 0 Å². The van der Waals surface area contributed by atoms with Gasteiger partial charge < -0.3 is 9.67 Å². The minimum Gasteiger partial charge on any atom is -0.480 e. The van der Waals surface area contributed by atoms with Crippen LogP contribution in [0, 0.1) is 11.6 Å². The summed E-state index contributed by atoms with van der Waals surface area (Å²) in [5.41, 5.74) is -5.88. The third-order valence-corrected chi connectivity index (χ3v) is 5.79. The number of aromatic nitrogens is 1. The molecule has 1 aliphatic heterocycles. The van der Waals surface area contributed by atoms with Gasteiger partial charge in [0.1, 0.15) is 11.2 Å². The fraction of sp³-hybridized carbons (Fsp3) is 0.381. The second-order valence-electron chi connectivity index (χ2n) is 8.06. The summed E-state index contributed by atoms with van der Waals surface area (Å²) in [6.07, 6.45) is -3.93. The third-order valence-electron chi connectivity index (χ3n) is 5.79. The van der Waals surface area contributed by atoms with Crippen molar-refractivity contribution in [1.29, 1.82) is 0 Å². The highest BCUT2D eigenvalue weighted by Gasteiger charge is 2.61. The van der Waals surface area contributed by atoms with Crippen LogP contribution >= 0.6 is 0 Å². The molecule has 3 rings (SSSR count). The normalized spacial score (nSPS) is 17.1. The van der Waals surface area contributed by atoms with E-state index in [0.29, 0.717) is 25.1 Å². The zero-order valence-electron chi connectivity index (χ0n) is 17.5. The molecular formula is C21H20F5N3O4. The lowest BCUT2D eigenvalue weighted by molar-refractivity contribution is -0.210. The van der Waals surface area contributed by atoms with Crippen molar-refractivity contribution < 1.29 is 41.4 Å². The maximum atomic E-state index is 13.9. The first kappa shape index (κ1) is 24.4. The average molecular weight is 473 g/mol. The predicted octanol–water partition coefficient (Wildman–Crippen LogP) is 2.88. The number of carboxylic acids is 1. The zero-order valence-corrected chi connectivity index (χ0v) is 17.5. The van der Waals surface area contributed by atoms with Crippen molar-refractivity contribution in [3.63, 3.8) is 0 Å². The van der Waals surface area contributed by atoms with E-state index >= 15 is 0 Å². The highest BCUT2D eigenvalue weighted by molar-refractivity contribution is 6.07.